The number of rotatable bonds is 5. The molecular weight excluding hydrogens is 230 g/mol. The van der Waals surface area contributed by atoms with Gasteiger partial charge in [-0.3, -0.25) is 0 Å². The highest BCUT2D eigenvalue weighted by Gasteiger charge is 2.17. The summed E-state index contributed by atoms with van der Waals surface area (Å²) in [7, 11) is -3.45. The summed E-state index contributed by atoms with van der Waals surface area (Å²) in [5.41, 5.74) is -0.252. The van der Waals surface area contributed by atoms with E-state index in [0.29, 0.717) is 6.42 Å². The smallest absolute Gasteiger partial charge is 0.354 e. The fourth-order valence-corrected chi connectivity index (χ4v) is 2.55. The van der Waals surface area contributed by atoms with E-state index < -0.39 is 15.8 Å². The van der Waals surface area contributed by atoms with E-state index in [4.69, 9.17) is 5.11 Å². The van der Waals surface area contributed by atoms with Gasteiger partial charge in [-0.05, 0) is 18.6 Å². The van der Waals surface area contributed by atoms with Gasteiger partial charge in [0.1, 0.15) is 5.69 Å². The molecule has 0 amide bonds. The highest BCUT2D eigenvalue weighted by molar-refractivity contribution is 7.91. The summed E-state index contributed by atoms with van der Waals surface area (Å²) in [6.45, 7) is 1.89. The van der Waals surface area contributed by atoms with Crippen LogP contribution in [0.2, 0.25) is 0 Å². The number of pyridine rings is 1. The van der Waals surface area contributed by atoms with Crippen molar-refractivity contribution in [1.29, 1.82) is 0 Å². The number of hydrogen-bond donors (Lipinski definition) is 1. The van der Waals surface area contributed by atoms with Gasteiger partial charge in [0.2, 0.25) is 0 Å². The van der Waals surface area contributed by atoms with Gasteiger partial charge in [-0.15, -0.1) is 0 Å². The quantitative estimate of drug-likeness (QED) is 0.843. The van der Waals surface area contributed by atoms with Gasteiger partial charge < -0.3 is 5.11 Å². The molecule has 0 saturated carbocycles. The van der Waals surface area contributed by atoms with Crippen molar-refractivity contribution in [3.63, 3.8) is 0 Å². The van der Waals surface area contributed by atoms with Crippen molar-refractivity contribution in [1.82, 2.24) is 4.98 Å². The molecule has 0 bridgehead atoms. The standard InChI is InChI=1S/C10H13NO4S/c1-2-3-7-16(14,15)9-6-4-5-8(11-9)10(12)13/h4-6H,2-3,7H2,1H3,(H,12,13). The molecule has 0 unspecified atom stereocenters. The van der Waals surface area contributed by atoms with Crippen LogP contribution in [0.5, 0.6) is 0 Å². The van der Waals surface area contributed by atoms with E-state index >= 15 is 0 Å². The monoisotopic (exact) mass is 243 g/mol. The molecule has 0 aliphatic heterocycles. The summed E-state index contributed by atoms with van der Waals surface area (Å²) in [6, 6.07) is 3.97. The number of nitrogens with zero attached hydrogens (tertiary/aromatic N) is 1. The Labute approximate surface area is 94.1 Å². The van der Waals surface area contributed by atoms with Crippen LogP contribution < -0.4 is 0 Å². The maximum Gasteiger partial charge on any atom is 0.354 e. The van der Waals surface area contributed by atoms with Crippen molar-refractivity contribution in [2.24, 2.45) is 0 Å². The zero-order chi connectivity index (χ0) is 12.2. The van der Waals surface area contributed by atoms with Crippen LogP contribution in [0.3, 0.4) is 0 Å². The van der Waals surface area contributed by atoms with E-state index in [1.165, 1.54) is 18.2 Å². The molecule has 1 N–H and O–H groups in total. The Morgan fingerprint density at radius 2 is 2.12 bits per heavy atom. The van der Waals surface area contributed by atoms with Gasteiger partial charge >= 0.3 is 5.97 Å². The number of hydrogen-bond acceptors (Lipinski definition) is 4. The van der Waals surface area contributed by atoms with Crippen LogP contribution in [0.25, 0.3) is 0 Å². The van der Waals surface area contributed by atoms with Crippen LogP contribution in [-0.2, 0) is 9.84 Å². The number of aromatic carboxylic acids is 1. The first kappa shape index (κ1) is 12.6. The predicted octanol–water partition coefficient (Wildman–Crippen LogP) is 1.35. The van der Waals surface area contributed by atoms with Gasteiger partial charge in [0.05, 0.1) is 5.75 Å². The van der Waals surface area contributed by atoms with Gasteiger partial charge in [0, 0.05) is 0 Å². The van der Waals surface area contributed by atoms with E-state index in [1.54, 1.807) is 0 Å². The molecule has 1 rings (SSSR count). The molecule has 0 spiro atoms. The van der Waals surface area contributed by atoms with Crippen LogP contribution in [0.1, 0.15) is 30.3 Å². The van der Waals surface area contributed by atoms with E-state index in [-0.39, 0.29) is 16.5 Å². The third-order valence-corrected chi connectivity index (χ3v) is 3.72. The molecule has 0 aromatic carbocycles. The lowest BCUT2D eigenvalue weighted by molar-refractivity contribution is 0.0689. The Morgan fingerprint density at radius 3 is 2.69 bits per heavy atom. The van der Waals surface area contributed by atoms with E-state index in [0.717, 1.165) is 6.42 Å². The van der Waals surface area contributed by atoms with Gasteiger partial charge in [-0.1, -0.05) is 19.4 Å². The maximum atomic E-state index is 11.7. The minimum absolute atomic E-state index is 0.000424. The summed E-state index contributed by atoms with van der Waals surface area (Å²) in [5.74, 6) is -1.23. The Bertz CT molecular complexity index is 481. The normalized spacial score (nSPS) is 11.3. The summed E-state index contributed by atoms with van der Waals surface area (Å²) >= 11 is 0. The second-order valence-electron chi connectivity index (χ2n) is 3.34. The Balaban J connectivity index is 3.04. The van der Waals surface area contributed by atoms with Gasteiger partial charge in [0.15, 0.2) is 14.9 Å². The van der Waals surface area contributed by atoms with E-state index in [1.807, 2.05) is 6.92 Å². The second-order valence-corrected chi connectivity index (χ2v) is 5.39. The van der Waals surface area contributed by atoms with Crippen LogP contribution in [0.15, 0.2) is 23.2 Å². The lowest BCUT2D eigenvalue weighted by atomic mass is 10.4. The lowest BCUT2D eigenvalue weighted by Gasteiger charge is -2.03. The summed E-state index contributed by atoms with van der Waals surface area (Å²) in [6.07, 6.45) is 1.30. The van der Waals surface area contributed by atoms with Crippen molar-refractivity contribution in [2.45, 2.75) is 24.8 Å². The fourth-order valence-electron chi connectivity index (χ4n) is 1.15. The third kappa shape index (κ3) is 3.03. The minimum Gasteiger partial charge on any atom is -0.477 e. The van der Waals surface area contributed by atoms with E-state index in [2.05, 4.69) is 4.98 Å². The summed E-state index contributed by atoms with van der Waals surface area (Å²) < 4.78 is 23.4. The highest BCUT2D eigenvalue weighted by atomic mass is 32.2. The average molecular weight is 243 g/mol. The third-order valence-electron chi connectivity index (χ3n) is 2.03. The summed E-state index contributed by atoms with van der Waals surface area (Å²) in [5, 5.41) is 8.53. The minimum atomic E-state index is -3.45. The van der Waals surface area contributed by atoms with Crippen molar-refractivity contribution < 1.29 is 18.3 Å². The first-order valence-electron chi connectivity index (χ1n) is 4.90. The zero-order valence-electron chi connectivity index (χ0n) is 8.88. The number of aromatic nitrogens is 1. The lowest BCUT2D eigenvalue weighted by Crippen LogP contribution is -2.11. The van der Waals surface area contributed by atoms with Crippen LogP contribution in [0.4, 0.5) is 0 Å². The molecule has 0 atom stereocenters. The number of unbranched alkanes of at least 4 members (excludes halogenated alkanes) is 1. The Kier molecular flexibility index (Phi) is 4.00. The van der Waals surface area contributed by atoms with Crippen LogP contribution >= 0.6 is 0 Å². The summed E-state index contributed by atoms with van der Waals surface area (Å²) in [4.78, 5) is 14.2. The highest BCUT2D eigenvalue weighted by Crippen LogP contribution is 2.10. The maximum absolute atomic E-state index is 11.7. The molecule has 1 aromatic heterocycles. The SMILES string of the molecule is CCCCS(=O)(=O)c1cccc(C(=O)O)n1. The van der Waals surface area contributed by atoms with Gasteiger partial charge in [-0.2, -0.15) is 0 Å². The molecule has 0 aliphatic carbocycles. The average Bonchev–Trinajstić information content (AvgIpc) is 2.26. The molecule has 0 saturated heterocycles. The van der Waals surface area contributed by atoms with E-state index in [9.17, 15) is 13.2 Å². The number of carboxylic acid groups (broad SMARTS) is 1. The van der Waals surface area contributed by atoms with Crippen LogP contribution in [-0.4, -0.2) is 30.2 Å². The molecule has 0 fully saturated rings. The van der Waals surface area contributed by atoms with Crippen molar-refractivity contribution in [3.05, 3.63) is 23.9 Å². The zero-order valence-corrected chi connectivity index (χ0v) is 9.70. The molecule has 5 nitrogen and oxygen atoms in total. The molecule has 1 heterocycles. The number of carboxylic acids is 1. The first-order chi connectivity index (χ1) is 7.47. The molecule has 0 radical (unpaired) electrons. The fraction of sp³-hybridized carbons (Fsp3) is 0.400. The van der Waals surface area contributed by atoms with Crippen LogP contribution in [0, 0.1) is 0 Å². The number of carbonyl (C=O) groups is 1. The number of sulfone groups is 1. The first-order valence-corrected chi connectivity index (χ1v) is 6.55. The Hall–Kier alpha value is -1.43. The Morgan fingerprint density at radius 1 is 1.44 bits per heavy atom. The van der Waals surface area contributed by atoms with Crippen molar-refractivity contribution in [2.75, 3.05) is 5.75 Å². The van der Waals surface area contributed by atoms with Gasteiger partial charge in [0.25, 0.3) is 0 Å². The van der Waals surface area contributed by atoms with Crippen molar-refractivity contribution >= 4 is 15.8 Å². The molecular formula is C10H13NO4S. The second kappa shape index (κ2) is 5.07. The predicted molar refractivity (Wildman–Crippen MR) is 58.2 cm³/mol. The van der Waals surface area contributed by atoms with Gasteiger partial charge in [-0.25, -0.2) is 18.2 Å². The molecule has 16 heavy (non-hydrogen) atoms. The largest absolute Gasteiger partial charge is 0.477 e. The molecule has 1 aromatic rings. The molecule has 88 valence electrons. The molecule has 0 aliphatic rings. The topological polar surface area (TPSA) is 84.3 Å². The molecule has 6 heteroatoms. The van der Waals surface area contributed by atoms with Crippen molar-refractivity contribution in [3.8, 4) is 0 Å².